The Bertz CT molecular complexity index is 786. The summed E-state index contributed by atoms with van der Waals surface area (Å²) in [5, 5.41) is 61.1. The highest BCUT2D eigenvalue weighted by molar-refractivity contribution is 5.91. The molecular weight excluding hydrogens is 476 g/mol. The number of ether oxygens (including phenoxy) is 4. The lowest BCUT2D eigenvalue weighted by Gasteiger charge is -2.46. The molecule has 12 unspecified atom stereocenters. The number of hydrogen-bond acceptors (Lipinski definition) is 11. The number of aliphatic hydroxyl groups excluding tert-OH is 6. The fourth-order valence-electron chi connectivity index (χ4n) is 5.50. The van der Waals surface area contributed by atoms with Gasteiger partial charge in [0.25, 0.3) is 0 Å². The Balaban J connectivity index is 1.70. The molecule has 6 N–H and O–H groups in total. The van der Waals surface area contributed by atoms with Gasteiger partial charge in [-0.05, 0) is 51.0 Å². The zero-order valence-corrected chi connectivity index (χ0v) is 21.6. The third kappa shape index (κ3) is 6.35. The lowest BCUT2D eigenvalue weighted by Crippen LogP contribution is -2.64. The van der Waals surface area contributed by atoms with Gasteiger partial charge in [-0.3, -0.25) is 4.79 Å². The van der Waals surface area contributed by atoms with Gasteiger partial charge >= 0.3 is 0 Å². The molecule has 0 saturated carbocycles. The molecule has 0 aromatic heterocycles. The first-order chi connectivity index (χ1) is 16.8. The Labute approximate surface area is 211 Å². The van der Waals surface area contributed by atoms with Crippen LogP contribution in [0.15, 0.2) is 11.6 Å². The van der Waals surface area contributed by atoms with Crippen LogP contribution >= 0.6 is 0 Å². The molecule has 11 nitrogen and oxygen atoms in total. The summed E-state index contributed by atoms with van der Waals surface area (Å²) in [5.41, 5.74) is 0.831. The minimum atomic E-state index is -1.62. The minimum absolute atomic E-state index is 0.121. The third-order valence-electron chi connectivity index (χ3n) is 7.66. The first-order valence-corrected chi connectivity index (χ1v) is 12.6. The normalized spacial score (nSPS) is 44.2. The summed E-state index contributed by atoms with van der Waals surface area (Å²) in [6, 6.07) is 0. The topological polar surface area (TPSA) is 175 Å². The molecule has 36 heavy (non-hydrogen) atoms. The van der Waals surface area contributed by atoms with Crippen molar-refractivity contribution in [2.75, 3.05) is 6.61 Å². The molecule has 0 aromatic rings. The van der Waals surface area contributed by atoms with Crippen LogP contribution in [-0.2, 0) is 23.7 Å². The average molecular weight is 519 g/mol. The van der Waals surface area contributed by atoms with E-state index in [4.69, 9.17) is 18.9 Å². The van der Waals surface area contributed by atoms with Crippen LogP contribution in [0.2, 0.25) is 0 Å². The van der Waals surface area contributed by atoms with Crippen LogP contribution in [0, 0.1) is 11.3 Å². The van der Waals surface area contributed by atoms with E-state index in [9.17, 15) is 35.4 Å². The Morgan fingerprint density at radius 2 is 1.69 bits per heavy atom. The third-order valence-corrected chi connectivity index (χ3v) is 7.66. The van der Waals surface area contributed by atoms with Crippen LogP contribution in [-0.4, -0.2) is 111 Å². The summed E-state index contributed by atoms with van der Waals surface area (Å²) < 4.78 is 23.0. The molecule has 0 bridgehead atoms. The smallest absolute Gasteiger partial charge is 0.187 e. The van der Waals surface area contributed by atoms with Crippen LogP contribution in [0.3, 0.4) is 0 Å². The second-order valence-electron chi connectivity index (χ2n) is 11.1. The molecule has 3 aliphatic rings. The fraction of sp³-hybridized carbons (Fsp3) is 0.880. The van der Waals surface area contributed by atoms with E-state index in [0.29, 0.717) is 12.8 Å². The molecule has 0 radical (unpaired) electrons. The van der Waals surface area contributed by atoms with Crippen molar-refractivity contribution in [3.8, 4) is 0 Å². The molecule has 11 heteroatoms. The lowest BCUT2D eigenvalue weighted by molar-refractivity contribution is -0.368. The molecule has 1 aliphatic carbocycles. The van der Waals surface area contributed by atoms with E-state index < -0.39 is 74.1 Å². The van der Waals surface area contributed by atoms with E-state index in [2.05, 4.69) is 13.8 Å². The number of allylic oxidation sites excluding steroid dienone is 2. The quantitative estimate of drug-likeness (QED) is 0.242. The fourth-order valence-corrected chi connectivity index (χ4v) is 5.50. The van der Waals surface area contributed by atoms with Crippen molar-refractivity contribution in [1.29, 1.82) is 0 Å². The highest BCUT2D eigenvalue weighted by atomic mass is 16.8. The van der Waals surface area contributed by atoms with Crippen molar-refractivity contribution < 1.29 is 54.4 Å². The van der Waals surface area contributed by atoms with Crippen molar-refractivity contribution in [2.45, 2.75) is 121 Å². The number of carbonyl (C=O) groups is 1. The van der Waals surface area contributed by atoms with Crippen molar-refractivity contribution in [3.05, 3.63) is 11.6 Å². The largest absolute Gasteiger partial charge is 0.394 e. The van der Waals surface area contributed by atoms with E-state index in [-0.39, 0.29) is 17.1 Å². The van der Waals surface area contributed by atoms with Gasteiger partial charge in [-0.1, -0.05) is 19.4 Å². The summed E-state index contributed by atoms with van der Waals surface area (Å²) in [6.07, 6.45) is -10.5. The summed E-state index contributed by atoms with van der Waals surface area (Å²) in [5.74, 6) is 0.300. The summed E-state index contributed by atoms with van der Waals surface area (Å²) in [6.45, 7) is 8.83. The average Bonchev–Trinajstić information content (AvgIpc) is 2.79. The molecule has 2 fully saturated rings. The summed E-state index contributed by atoms with van der Waals surface area (Å²) >= 11 is 0. The highest BCUT2D eigenvalue weighted by Crippen LogP contribution is 2.42. The molecular formula is C25H42O11. The molecule has 0 amide bonds. The van der Waals surface area contributed by atoms with Crippen LogP contribution in [0.1, 0.15) is 53.9 Å². The second kappa shape index (κ2) is 11.8. The van der Waals surface area contributed by atoms with Crippen molar-refractivity contribution in [2.24, 2.45) is 11.3 Å². The van der Waals surface area contributed by atoms with E-state index in [1.165, 1.54) is 6.92 Å². The van der Waals surface area contributed by atoms with Gasteiger partial charge in [-0.15, -0.1) is 0 Å². The monoisotopic (exact) mass is 518 g/mol. The summed E-state index contributed by atoms with van der Waals surface area (Å²) in [4.78, 5) is 12.0. The van der Waals surface area contributed by atoms with E-state index in [1.807, 2.05) is 13.8 Å². The molecule has 12 atom stereocenters. The maximum absolute atomic E-state index is 12.0. The number of hydrogen-bond donors (Lipinski definition) is 6. The Morgan fingerprint density at radius 1 is 1.03 bits per heavy atom. The molecule has 0 aromatic carbocycles. The highest BCUT2D eigenvalue weighted by Gasteiger charge is 2.50. The van der Waals surface area contributed by atoms with Gasteiger partial charge in [0.2, 0.25) is 0 Å². The van der Waals surface area contributed by atoms with Gasteiger partial charge in [0.15, 0.2) is 18.4 Å². The van der Waals surface area contributed by atoms with Crippen molar-refractivity contribution in [1.82, 2.24) is 0 Å². The van der Waals surface area contributed by atoms with E-state index in [1.54, 1.807) is 6.08 Å². The number of aliphatic hydroxyl groups is 6. The number of carbonyl (C=O) groups excluding carboxylic acids is 1. The maximum Gasteiger partial charge on any atom is 0.187 e. The minimum Gasteiger partial charge on any atom is -0.394 e. The summed E-state index contributed by atoms with van der Waals surface area (Å²) in [7, 11) is 0. The SMILES string of the molecule is CC1=CC(=O)CC(C)(C)C1CCC(C)OC1OC(CO)C(O)C(O)C1OC1OC(C)C(O)C(O)C1O. The van der Waals surface area contributed by atoms with Gasteiger partial charge in [-0.2, -0.15) is 0 Å². The van der Waals surface area contributed by atoms with E-state index in [0.717, 1.165) is 12.0 Å². The molecule has 2 heterocycles. The van der Waals surface area contributed by atoms with Gasteiger partial charge in [-0.25, -0.2) is 0 Å². The Kier molecular flexibility index (Phi) is 9.70. The molecule has 2 saturated heterocycles. The van der Waals surface area contributed by atoms with Crippen LogP contribution in [0.25, 0.3) is 0 Å². The predicted molar refractivity (Wildman–Crippen MR) is 125 cm³/mol. The Hall–Kier alpha value is -0.990. The Morgan fingerprint density at radius 3 is 2.31 bits per heavy atom. The molecule has 2 aliphatic heterocycles. The first-order valence-electron chi connectivity index (χ1n) is 12.6. The number of ketones is 1. The lowest BCUT2D eigenvalue weighted by atomic mass is 9.66. The number of rotatable bonds is 8. The van der Waals surface area contributed by atoms with Gasteiger partial charge in [0, 0.05) is 6.42 Å². The van der Waals surface area contributed by atoms with Gasteiger partial charge < -0.3 is 49.6 Å². The molecule has 208 valence electrons. The molecule has 0 spiro atoms. The zero-order valence-electron chi connectivity index (χ0n) is 21.6. The predicted octanol–water partition coefficient (Wildman–Crippen LogP) is -0.615. The van der Waals surface area contributed by atoms with Crippen LogP contribution < -0.4 is 0 Å². The van der Waals surface area contributed by atoms with E-state index >= 15 is 0 Å². The van der Waals surface area contributed by atoms with Gasteiger partial charge in [0.05, 0.1) is 18.8 Å². The zero-order chi connectivity index (χ0) is 26.9. The first kappa shape index (κ1) is 29.6. The van der Waals surface area contributed by atoms with Crippen molar-refractivity contribution in [3.63, 3.8) is 0 Å². The van der Waals surface area contributed by atoms with Gasteiger partial charge in [0.1, 0.15) is 42.7 Å². The van der Waals surface area contributed by atoms with Crippen LogP contribution in [0.5, 0.6) is 0 Å². The van der Waals surface area contributed by atoms with Crippen molar-refractivity contribution >= 4 is 5.78 Å². The maximum atomic E-state index is 12.0. The van der Waals surface area contributed by atoms with Crippen LogP contribution in [0.4, 0.5) is 0 Å². The molecule has 3 rings (SSSR count). The standard InChI is InChI=1S/C25H42O11/c1-11-8-14(27)9-25(4,5)15(11)7-6-12(2)33-24-22(20(31)18(29)16(10-26)35-24)36-23-21(32)19(30)17(28)13(3)34-23/h8,12-13,15-24,26,28-32H,6-7,9-10H2,1-5H3. The second-order valence-corrected chi connectivity index (χ2v) is 11.1.